The minimum absolute atomic E-state index is 0.0771. The summed E-state index contributed by atoms with van der Waals surface area (Å²) in [5, 5.41) is 19.5. The molecule has 4 heterocycles. The molecule has 0 spiro atoms. The first-order valence-corrected chi connectivity index (χ1v) is 19.4. The Morgan fingerprint density at radius 2 is 1.59 bits per heavy atom. The molecule has 0 saturated carbocycles. The number of aromatic nitrogens is 4. The van der Waals surface area contributed by atoms with Crippen LogP contribution in [0.25, 0.3) is 5.00 Å². The molecular weight excluding hydrogens is 748 g/mol. The van der Waals surface area contributed by atoms with Gasteiger partial charge in [-0.15, -0.1) is 32.9 Å². The summed E-state index contributed by atoms with van der Waals surface area (Å²) < 4.78 is 13.2. The van der Waals surface area contributed by atoms with Gasteiger partial charge in [-0.2, -0.15) is 0 Å². The Balaban J connectivity index is 0.937. The number of aryl methyl sites for hydroxylation is 4. The number of hydrogen-bond acceptors (Lipinski definition) is 11. The average molecular weight is 789 g/mol. The third-order valence-corrected chi connectivity index (χ3v) is 11.3. The van der Waals surface area contributed by atoms with E-state index in [4.69, 9.17) is 26.1 Å². The van der Waals surface area contributed by atoms with Crippen LogP contribution in [0.5, 0.6) is 0 Å². The van der Waals surface area contributed by atoms with Crippen LogP contribution in [0.4, 0.5) is 10.8 Å². The van der Waals surface area contributed by atoms with Crippen LogP contribution in [-0.4, -0.2) is 76.2 Å². The highest BCUT2D eigenvalue weighted by Crippen LogP contribution is 2.39. The van der Waals surface area contributed by atoms with Crippen molar-refractivity contribution in [2.75, 3.05) is 43.6 Å². The van der Waals surface area contributed by atoms with Gasteiger partial charge in [-0.25, -0.2) is 4.98 Å². The number of thiazole rings is 1. The fraction of sp³-hybridized carbons (Fsp3) is 0.342. The second kappa shape index (κ2) is 17.6. The van der Waals surface area contributed by atoms with Gasteiger partial charge >= 0.3 is 0 Å². The molecule has 1 atom stereocenters. The minimum atomic E-state index is -0.564. The van der Waals surface area contributed by atoms with Crippen molar-refractivity contribution < 1.29 is 23.9 Å². The number of halogens is 1. The maximum Gasteiger partial charge on any atom is 0.259 e. The van der Waals surface area contributed by atoms with E-state index >= 15 is 0 Å². The number of fused-ring (bicyclic) bond motifs is 3. The predicted octanol–water partition coefficient (Wildman–Crippen LogP) is 6.69. The van der Waals surface area contributed by atoms with Gasteiger partial charge < -0.3 is 20.1 Å². The maximum atomic E-state index is 13.2. The quantitative estimate of drug-likeness (QED) is 0.0989. The van der Waals surface area contributed by atoms with Gasteiger partial charge in [-0.05, 0) is 64.4 Å². The van der Waals surface area contributed by atoms with Crippen molar-refractivity contribution in [3.63, 3.8) is 0 Å². The van der Waals surface area contributed by atoms with Crippen LogP contribution in [0.2, 0.25) is 5.02 Å². The number of benzene rings is 2. The Labute approximate surface area is 326 Å². The minimum Gasteiger partial charge on any atom is -0.379 e. The molecule has 3 N–H and O–H groups in total. The number of hydrogen-bond donors (Lipinski definition) is 3. The van der Waals surface area contributed by atoms with Crippen LogP contribution in [-0.2, 0) is 19.1 Å². The molecule has 54 heavy (non-hydrogen) atoms. The highest BCUT2D eigenvalue weighted by molar-refractivity contribution is 7.16. The maximum absolute atomic E-state index is 13.2. The van der Waals surface area contributed by atoms with Crippen LogP contribution in [0.3, 0.4) is 0 Å². The van der Waals surface area contributed by atoms with Gasteiger partial charge in [-0.1, -0.05) is 35.9 Å². The normalized spacial score (nSPS) is 13.4. The molecular formula is C38H41ClN8O5S2. The zero-order valence-electron chi connectivity index (χ0n) is 30.6. The van der Waals surface area contributed by atoms with E-state index in [-0.39, 0.29) is 57.0 Å². The van der Waals surface area contributed by atoms with E-state index in [2.05, 4.69) is 45.0 Å². The van der Waals surface area contributed by atoms with E-state index in [1.54, 1.807) is 35.6 Å². The number of anilines is 2. The smallest absolute Gasteiger partial charge is 0.259 e. The van der Waals surface area contributed by atoms with Gasteiger partial charge in [0, 0.05) is 32.4 Å². The van der Waals surface area contributed by atoms with E-state index in [9.17, 15) is 14.4 Å². The molecule has 1 aliphatic heterocycles. The Hall–Kier alpha value is -4.80. The molecule has 3 aromatic heterocycles. The molecule has 16 heteroatoms. The number of carbonyl (C=O) groups excluding carboxylic acids is 3. The van der Waals surface area contributed by atoms with E-state index in [1.807, 2.05) is 49.6 Å². The van der Waals surface area contributed by atoms with E-state index in [1.165, 1.54) is 16.2 Å². The van der Waals surface area contributed by atoms with Crippen molar-refractivity contribution in [2.45, 2.75) is 53.5 Å². The summed E-state index contributed by atoms with van der Waals surface area (Å²) in [5.41, 5.74) is 5.42. The molecule has 0 unspecified atom stereocenters. The molecule has 6 rings (SSSR count). The highest BCUT2D eigenvalue weighted by Gasteiger charge is 2.32. The van der Waals surface area contributed by atoms with E-state index in [0.717, 1.165) is 43.8 Å². The van der Waals surface area contributed by atoms with Crippen molar-refractivity contribution in [3.8, 4) is 5.00 Å². The van der Waals surface area contributed by atoms with Crippen molar-refractivity contribution in [3.05, 3.63) is 103 Å². The SMILES string of the molecule is Cc1nc(NC(=O)c2ccccc2NC(=O)CCOCCOCCNC(=O)C[C@@H]2N=C(c3ccc(Cl)cc3)c3c(sc(C)c3C)-n3c(C)nnc32)sc1C. The first-order chi connectivity index (χ1) is 26.0. The largest absolute Gasteiger partial charge is 0.379 e. The molecule has 0 bridgehead atoms. The second-order valence-corrected chi connectivity index (χ2v) is 15.5. The Bertz CT molecular complexity index is 2170. The van der Waals surface area contributed by atoms with Gasteiger partial charge in [0.1, 0.15) is 16.9 Å². The Morgan fingerprint density at radius 1 is 0.852 bits per heavy atom. The summed E-state index contributed by atoms with van der Waals surface area (Å²) in [7, 11) is 0. The molecule has 0 saturated heterocycles. The van der Waals surface area contributed by atoms with Crippen molar-refractivity contribution in [1.82, 2.24) is 25.1 Å². The van der Waals surface area contributed by atoms with Crippen LogP contribution >= 0.6 is 34.3 Å². The van der Waals surface area contributed by atoms with Crippen LogP contribution in [0.1, 0.15) is 73.0 Å². The van der Waals surface area contributed by atoms with E-state index < -0.39 is 6.04 Å². The van der Waals surface area contributed by atoms with Gasteiger partial charge in [0.25, 0.3) is 5.91 Å². The summed E-state index contributed by atoms with van der Waals surface area (Å²) in [6, 6.07) is 13.8. The molecule has 3 amide bonds. The number of para-hydroxylation sites is 1. The monoisotopic (exact) mass is 788 g/mol. The van der Waals surface area contributed by atoms with Crippen molar-refractivity contribution in [1.29, 1.82) is 0 Å². The summed E-state index contributed by atoms with van der Waals surface area (Å²) in [5.74, 6) is 0.509. The summed E-state index contributed by atoms with van der Waals surface area (Å²) in [6.45, 7) is 11.2. The standard InChI is InChI=1S/C38H41ClN8O5S2/c1-21-23(3)53-37-33(21)34(26-10-12-27(39)13-11-26)43-30(35-46-45-25(5)47(35)37)20-32(49)40-15-17-52-19-18-51-16-14-31(48)42-29-9-7-6-8-28(29)36(50)44-38-41-22(2)24(4)54-38/h6-13,30H,14-20H2,1-5H3,(H,40,49)(H,42,48)(H,41,44,50)/t30-/m0/s1. The van der Waals surface area contributed by atoms with Crippen LogP contribution in [0.15, 0.2) is 53.5 Å². The van der Waals surface area contributed by atoms with Crippen LogP contribution < -0.4 is 16.0 Å². The zero-order valence-corrected chi connectivity index (χ0v) is 33.0. The van der Waals surface area contributed by atoms with Crippen LogP contribution in [0, 0.1) is 34.6 Å². The number of carbonyl (C=O) groups is 3. The molecule has 282 valence electrons. The molecule has 0 fully saturated rings. The third kappa shape index (κ3) is 9.10. The number of thiophene rings is 1. The Kier molecular flexibility index (Phi) is 12.7. The second-order valence-electron chi connectivity index (χ2n) is 12.6. The number of aliphatic imine (C=N–C) groups is 1. The topological polar surface area (TPSA) is 162 Å². The number of ether oxygens (including phenoxy) is 2. The van der Waals surface area contributed by atoms with Crippen molar-refractivity contribution in [2.24, 2.45) is 4.99 Å². The molecule has 0 radical (unpaired) electrons. The summed E-state index contributed by atoms with van der Waals surface area (Å²) >= 11 is 9.26. The van der Waals surface area contributed by atoms with Gasteiger partial charge in [0.05, 0.1) is 61.9 Å². The average Bonchev–Trinajstić information content (AvgIpc) is 3.75. The lowest BCUT2D eigenvalue weighted by molar-refractivity contribution is -0.121. The number of nitrogens with zero attached hydrogens (tertiary/aromatic N) is 5. The lowest BCUT2D eigenvalue weighted by Crippen LogP contribution is -2.29. The molecule has 0 aliphatic carbocycles. The molecule has 2 aromatic carbocycles. The van der Waals surface area contributed by atoms with Gasteiger partial charge in [0.15, 0.2) is 11.0 Å². The van der Waals surface area contributed by atoms with Gasteiger partial charge in [-0.3, -0.25) is 29.3 Å². The summed E-state index contributed by atoms with van der Waals surface area (Å²) in [4.78, 5) is 50.4. The molecule has 1 aliphatic rings. The number of nitrogens with one attached hydrogen (secondary N) is 3. The fourth-order valence-corrected chi connectivity index (χ4v) is 7.97. The predicted molar refractivity (Wildman–Crippen MR) is 212 cm³/mol. The van der Waals surface area contributed by atoms with E-state index in [0.29, 0.717) is 33.8 Å². The van der Waals surface area contributed by atoms with Crippen molar-refractivity contribution >= 4 is 68.5 Å². The highest BCUT2D eigenvalue weighted by atomic mass is 35.5. The molecule has 5 aromatic rings. The molecule has 13 nitrogen and oxygen atoms in total. The third-order valence-electron chi connectivity index (χ3n) is 8.84. The lowest BCUT2D eigenvalue weighted by Gasteiger charge is -2.13. The lowest BCUT2D eigenvalue weighted by atomic mass is 9.99. The number of amides is 3. The Morgan fingerprint density at radius 3 is 2.33 bits per heavy atom. The fourth-order valence-electron chi connectivity index (χ4n) is 5.82. The number of rotatable bonds is 15. The first-order valence-electron chi connectivity index (χ1n) is 17.4. The van der Waals surface area contributed by atoms with Gasteiger partial charge in [0.2, 0.25) is 11.8 Å². The zero-order chi connectivity index (χ0) is 38.4. The first kappa shape index (κ1) is 38.9. The summed E-state index contributed by atoms with van der Waals surface area (Å²) in [6.07, 6.45) is 0.175.